The molecule has 1 aliphatic carbocycles. The molecule has 98 valence electrons. The summed E-state index contributed by atoms with van der Waals surface area (Å²) in [6, 6.07) is 6.18. The smallest absolute Gasteiger partial charge is 0.152 e. The molecule has 0 spiro atoms. The summed E-state index contributed by atoms with van der Waals surface area (Å²) in [5.41, 5.74) is 1.73. The number of hydrogen-bond donors (Lipinski definition) is 0. The van der Waals surface area contributed by atoms with Crippen LogP contribution >= 0.6 is 11.6 Å². The van der Waals surface area contributed by atoms with Gasteiger partial charge in [0.05, 0.1) is 0 Å². The van der Waals surface area contributed by atoms with Crippen molar-refractivity contribution in [2.75, 3.05) is 11.4 Å². The maximum atomic E-state index is 11.2. The number of nitrogens with zero attached hydrogens (tertiary/aromatic N) is 1. The molecule has 1 aliphatic rings. The van der Waals surface area contributed by atoms with Gasteiger partial charge in [0.2, 0.25) is 0 Å². The molecule has 2 rings (SSSR count). The van der Waals surface area contributed by atoms with Gasteiger partial charge in [0.1, 0.15) is 0 Å². The second-order valence-electron chi connectivity index (χ2n) is 4.90. The molecule has 1 aromatic carbocycles. The van der Waals surface area contributed by atoms with Crippen LogP contribution in [0.4, 0.5) is 5.69 Å². The lowest BCUT2D eigenvalue weighted by atomic mass is 9.93. The van der Waals surface area contributed by atoms with Crippen LogP contribution in [-0.2, 0) is 0 Å². The van der Waals surface area contributed by atoms with Crippen molar-refractivity contribution in [3.63, 3.8) is 0 Å². The Kier molecular flexibility index (Phi) is 4.65. The summed E-state index contributed by atoms with van der Waals surface area (Å²) >= 11 is 5.95. The average molecular weight is 266 g/mol. The highest BCUT2D eigenvalue weighted by Gasteiger charge is 2.21. The van der Waals surface area contributed by atoms with Crippen LogP contribution in [0, 0.1) is 0 Å². The predicted octanol–water partition coefficient (Wildman–Crippen LogP) is 4.31. The zero-order valence-corrected chi connectivity index (χ0v) is 11.6. The molecule has 0 amide bonds. The van der Waals surface area contributed by atoms with Gasteiger partial charge in [-0.3, -0.25) is 4.79 Å². The standard InChI is InChI=1S/C15H20ClNO/c1-2-17(14-6-4-3-5-7-14)15-9-8-13(16)10-12(15)11-18/h8-11,14H,2-7H2,1H3. The minimum atomic E-state index is 0.573. The molecular weight excluding hydrogens is 246 g/mol. The number of aldehydes is 1. The average Bonchev–Trinajstić information content (AvgIpc) is 2.42. The third-order valence-electron chi connectivity index (χ3n) is 3.78. The van der Waals surface area contributed by atoms with E-state index in [2.05, 4.69) is 11.8 Å². The number of hydrogen-bond acceptors (Lipinski definition) is 2. The Balaban J connectivity index is 2.28. The molecule has 0 bridgehead atoms. The summed E-state index contributed by atoms with van der Waals surface area (Å²) in [6.45, 7) is 3.09. The fraction of sp³-hybridized carbons (Fsp3) is 0.533. The fourth-order valence-corrected chi connectivity index (χ4v) is 3.08. The number of halogens is 1. The first kappa shape index (κ1) is 13.4. The molecule has 0 heterocycles. The van der Waals surface area contributed by atoms with Gasteiger partial charge in [-0.25, -0.2) is 0 Å². The molecule has 0 atom stereocenters. The van der Waals surface area contributed by atoms with Crippen molar-refractivity contribution in [3.8, 4) is 0 Å². The Labute approximate surface area is 114 Å². The summed E-state index contributed by atoms with van der Waals surface area (Å²) in [4.78, 5) is 13.6. The van der Waals surface area contributed by atoms with E-state index in [1.54, 1.807) is 6.07 Å². The summed E-state index contributed by atoms with van der Waals surface area (Å²) in [5.74, 6) is 0. The second-order valence-corrected chi connectivity index (χ2v) is 5.34. The van der Waals surface area contributed by atoms with Crippen LogP contribution in [-0.4, -0.2) is 18.9 Å². The number of benzene rings is 1. The molecule has 2 nitrogen and oxygen atoms in total. The van der Waals surface area contributed by atoms with Crippen molar-refractivity contribution >= 4 is 23.6 Å². The van der Waals surface area contributed by atoms with E-state index in [1.165, 1.54) is 32.1 Å². The van der Waals surface area contributed by atoms with E-state index in [1.807, 2.05) is 12.1 Å². The molecule has 0 radical (unpaired) electrons. The van der Waals surface area contributed by atoms with E-state index in [0.29, 0.717) is 16.6 Å². The lowest BCUT2D eigenvalue weighted by Gasteiger charge is -2.36. The molecule has 0 aliphatic heterocycles. The first-order valence-corrected chi connectivity index (χ1v) is 7.15. The van der Waals surface area contributed by atoms with Crippen LogP contribution in [0.15, 0.2) is 18.2 Å². The third kappa shape index (κ3) is 2.86. The molecule has 1 fully saturated rings. The SMILES string of the molecule is CCN(c1ccc(Cl)cc1C=O)C1CCCCC1. The van der Waals surface area contributed by atoms with Crippen molar-refractivity contribution in [1.82, 2.24) is 0 Å². The molecule has 0 N–H and O–H groups in total. The molecule has 0 aromatic heterocycles. The van der Waals surface area contributed by atoms with Gasteiger partial charge in [0.25, 0.3) is 0 Å². The van der Waals surface area contributed by atoms with E-state index in [-0.39, 0.29) is 0 Å². The molecule has 1 aromatic rings. The second kappa shape index (κ2) is 6.24. The van der Waals surface area contributed by atoms with Crippen LogP contribution < -0.4 is 4.90 Å². The van der Waals surface area contributed by atoms with Gasteiger partial charge in [-0.05, 0) is 38.0 Å². The van der Waals surface area contributed by atoms with E-state index in [0.717, 1.165) is 18.5 Å². The van der Waals surface area contributed by atoms with E-state index < -0.39 is 0 Å². The van der Waals surface area contributed by atoms with Crippen LogP contribution in [0.5, 0.6) is 0 Å². The number of carbonyl (C=O) groups excluding carboxylic acids is 1. The van der Waals surface area contributed by atoms with Gasteiger partial charge in [-0.2, -0.15) is 0 Å². The maximum Gasteiger partial charge on any atom is 0.152 e. The quantitative estimate of drug-likeness (QED) is 0.756. The number of rotatable bonds is 4. The summed E-state index contributed by atoms with van der Waals surface area (Å²) in [6.07, 6.45) is 7.31. The van der Waals surface area contributed by atoms with Crippen LogP contribution in [0.3, 0.4) is 0 Å². The van der Waals surface area contributed by atoms with Gasteiger partial charge in [-0.15, -0.1) is 0 Å². The Bertz CT molecular complexity index is 413. The Morgan fingerprint density at radius 3 is 2.67 bits per heavy atom. The Morgan fingerprint density at radius 2 is 2.06 bits per heavy atom. The van der Waals surface area contributed by atoms with Gasteiger partial charge in [0.15, 0.2) is 6.29 Å². The Hall–Kier alpha value is -1.02. The van der Waals surface area contributed by atoms with Crippen LogP contribution in [0.2, 0.25) is 5.02 Å². The summed E-state index contributed by atoms with van der Waals surface area (Å²) in [5, 5.41) is 0.626. The highest BCUT2D eigenvalue weighted by Crippen LogP contribution is 2.30. The van der Waals surface area contributed by atoms with Crippen molar-refractivity contribution in [3.05, 3.63) is 28.8 Å². The van der Waals surface area contributed by atoms with Gasteiger partial charge >= 0.3 is 0 Å². The lowest BCUT2D eigenvalue weighted by Crippen LogP contribution is -2.37. The molecular formula is C15H20ClNO. The largest absolute Gasteiger partial charge is 0.368 e. The number of anilines is 1. The van der Waals surface area contributed by atoms with E-state index in [4.69, 9.17) is 11.6 Å². The zero-order valence-electron chi connectivity index (χ0n) is 10.9. The predicted molar refractivity (Wildman–Crippen MR) is 76.7 cm³/mol. The van der Waals surface area contributed by atoms with Crippen molar-refractivity contribution in [2.45, 2.75) is 45.1 Å². The summed E-state index contributed by atoms with van der Waals surface area (Å²) in [7, 11) is 0. The molecule has 0 unspecified atom stereocenters. The fourth-order valence-electron chi connectivity index (χ4n) is 2.90. The van der Waals surface area contributed by atoms with E-state index >= 15 is 0 Å². The van der Waals surface area contributed by atoms with Crippen molar-refractivity contribution in [2.24, 2.45) is 0 Å². The molecule has 1 saturated carbocycles. The molecule has 18 heavy (non-hydrogen) atoms. The lowest BCUT2D eigenvalue weighted by molar-refractivity contribution is 0.112. The summed E-state index contributed by atoms with van der Waals surface area (Å²) < 4.78 is 0. The van der Waals surface area contributed by atoms with Crippen molar-refractivity contribution in [1.29, 1.82) is 0 Å². The first-order chi connectivity index (χ1) is 8.76. The minimum absolute atomic E-state index is 0.573. The Morgan fingerprint density at radius 1 is 1.33 bits per heavy atom. The molecule has 3 heteroatoms. The van der Waals surface area contributed by atoms with Crippen LogP contribution in [0.1, 0.15) is 49.4 Å². The maximum absolute atomic E-state index is 11.2. The van der Waals surface area contributed by atoms with Gasteiger partial charge in [-0.1, -0.05) is 30.9 Å². The zero-order chi connectivity index (χ0) is 13.0. The highest BCUT2D eigenvalue weighted by atomic mass is 35.5. The van der Waals surface area contributed by atoms with Crippen molar-refractivity contribution < 1.29 is 4.79 Å². The topological polar surface area (TPSA) is 20.3 Å². The van der Waals surface area contributed by atoms with Gasteiger partial charge < -0.3 is 4.90 Å². The minimum Gasteiger partial charge on any atom is -0.368 e. The number of carbonyl (C=O) groups is 1. The molecule has 0 saturated heterocycles. The third-order valence-corrected chi connectivity index (χ3v) is 4.02. The highest BCUT2D eigenvalue weighted by molar-refractivity contribution is 6.31. The van der Waals surface area contributed by atoms with Gasteiger partial charge in [0, 0.05) is 28.9 Å². The first-order valence-electron chi connectivity index (χ1n) is 6.77. The van der Waals surface area contributed by atoms with Crippen LogP contribution in [0.25, 0.3) is 0 Å². The normalized spacial score (nSPS) is 16.6. The monoisotopic (exact) mass is 265 g/mol. The van der Waals surface area contributed by atoms with E-state index in [9.17, 15) is 4.79 Å².